The number of aliphatic hydroxyl groups excluding tert-OH is 1. The number of phenolic OH excluding ortho intramolecular Hbond substituents is 1. The lowest BCUT2D eigenvalue weighted by Crippen LogP contribution is -2.43. The molecule has 0 saturated carbocycles. The summed E-state index contributed by atoms with van der Waals surface area (Å²) in [6.07, 6.45) is 1.02. The van der Waals surface area contributed by atoms with Crippen molar-refractivity contribution in [3.63, 3.8) is 0 Å². The summed E-state index contributed by atoms with van der Waals surface area (Å²) in [6, 6.07) is 15.2. The van der Waals surface area contributed by atoms with Crippen molar-refractivity contribution in [2.45, 2.75) is 25.3 Å². The van der Waals surface area contributed by atoms with Crippen LogP contribution in [0.25, 0.3) is 0 Å². The van der Waals surface area contributed by atoms with Crippen molar-refractivity contribution in [1.82, 2.24) is 5.32 Å². The second-order valence-corrected chi connectivity index (χ2v) is 5.87. The first-order chi connectivity index (χ1) is 12.6. The quantitative estimate of drug-likeness (QED) is 0.592. The molecule has 3 N–H and O–H groups in total. The summed E-state index contributed by atoms with van der Waals surface area (Å²) >= 11 is 0. The zero-order valence-electron chi connectivity index (χ0n) is 14.4. The Kier molecular flexibility index (Phi) is 7.64. The van der Waals surface area contributed by atoms with Gasteiger partial charge in [0, 0.05) is 12.8 Å². The van der Waals surface area contributed by atoms with Crippen LogP contribution >= 0.6 is 0 Å². The number of carbonyl (C=O) groups excluding carboxylic acids is 2. The second kappa shape index (κ2) is 10.2. The number of rotatable bonds is 9. The minimum absolute atomic E-state index is 0.104. The summed E-state index contributed by atoms with van der Waals surface area (Å²) in [6.45, 7) is -0.369. The molecular weight excluding hydrogens is 334 g/mol. The van der Waals surface area contributed by atoms with Crippen molar-refractivity contribution in [2.24, 2.45) is 0 Å². The Morgan fingerprint density at radius 2 is 1.69 bits per heavy atom. The van der Waals surface area contributed by atoms with Gasteiger partial charge in [0.05, 0.1) is 6.61 Å². The third-order valence-corrected chi connectivity index (χ3v) is 3.82. The van der Waals surface area contributed by atoms with E-state index in [1.165, 1.54) is 0 Å². The Labute approximate surface area is 152 Å². The Morgan fingerprint density at radius 3 is 2.35 bits per heavy atom. The maximum absolute atomic E-state index is 12.2. The van der Waals surface area contributed by atoms with Gasteiger partial charge in [-0.1, -0.05) is 42.5 Å². The SMILES string of the molecule is O=C(CCc1ccc(O)cc1)NC(Cc1ccccc1)C(=O)OCCO. The number of hydrogen-bond acceptors (Lipinski definition) is 5. The normalized spacial score (nSPS) is 11.6. The molecule has 0 aliphatic rings. The van der Waals surface area contributed by atoms with Crippen molar-refractivity contribution in [2.75, 3.05) is 13.2 Å². The number of ether oxygens (including phenoxy) is 1. The molecule has 26 heavy (non-hydrogen) atoms. The maximum atomic E-state index is 12.2. The van der Waals surface area contributed by atoms with Crippen LogP contribution in [0.1, 0.15) is 17.5 Å². The van der Waals surface area contributed by atoms with Crippen LogP contribution in [-0.2, 0) is 27.2 Å². The van der Waals surface area contributed by atoms with E-state index in [0.717, 1.165) is 11.1 Å². The highest BCUT2D eigenvalue weighted by Gasteiger charge is 2.22. The van der Waals surface area contributed by atoms with Gasteiger partial charge in [-0.05, 0) is 29.7 Å². The summed E-state index contributed by atoms with van der Waals surface area (Å²) in [7, 11) is 0. The summed E-state index contributed by atoms with van der Waals surface area (Å²) in [5, 5.41) is 20.8. The Bertz CT molecular complexity index is 700. The van der Waals surface area contributed by atoms with Crippen LogP contribution in [0, 0.1) is 0 Å². The average molecular weight is 357 g/mol. The standard InChI is InChI=1S/C20H23NO5/c22-12-13-26-20(25)18(14-16-4-2-1-3-5-16)21-19(24)11-8-15-6-9-17(23)10-7-15/h1-7,9-10,18,22-23H,8,11-14H2,(H,21,24). The molecule has 0 aliphatic carbocycles. The van der Waals surface area contributed by atoms with Gasteiger partial charge in [0.15, 0.2) is 0 Å². The highest BCUT2D eigenvalue weighted by atomic mass is 16.5. The van der Waals surface area contributed by atoms with Crippen LogP contribution in [0.15, 0.2) is 54.6 Å². The van der Waals surface area contributed by atoms with Gasteiger partial charge in [-0.15, -0.1) is 0 Å². The molecule has 0 bridgehead atoms. The van der Waals surface area contributed by atoms with Crippen LogP contribution in [0.2, 0.25) is 0 Å². The summed E-state index contributed by atoms with van der Waals surface area (Å²) < 4.78 is 4.97. The van der Waals surface area contributed by atoms with Gasteiger partial charge in [0.1, 0.15) is 18.4 Å². The van der Waals surface area contributed by atoms with E-state index in [-0.39, 0.29) is 31.3 Å². The van der Waals surface area contributed by atoms with Crippen molar-refractivity contribution in [1.29, 1.82) is 0 Å². The Hall–Kier alpha value is -2.86. The smallest absolute Gasteiger partial charge is 0.329 e. The molecule has 0 spiro atoms. The molecular formula is C20H23NO5. The third-order valence-electron chi connectivity index (χ3n) is 3.82. The topological polar surface area (TPSA) is 95.9 Å². The number of aliphatic hydroxyl groups is 1. The number of aryl methyl sites for hydroxylation is 1. The minimum Gasteiger partial charge on any atom is -0.508 e. The number of hydrogen-bond donors (Lipinski definition) is 3. The summed E-state index contributed by atoms with van der Waals surface area (Å²) in [4.78, 5) is 24.4. The average Bonchev–Trinajstić information content (AvgIpc) is 2.66. The van der Waals surface area contributed by atoms with E-state index in [2.05, 4.69) is 5.32 Å². The molecule has 1 amide bonds. The number of carbonyl (C=O) groups is 2. The van der Waals surface area contributed by atoms with Gasteiger partial charge in [-0.3, -0.25) is 4.79 Å². The molecule has 2 aromatic carbocycles. The van der Waals surface area contributed by atoms with Gasteiger partial charge < -0.3 is 20.3 Å². The fourth-order valence-electron chi connectivity index (χ4n) is 2.48. The van der Waals surface area contributed by atoms with Crippen molar-refractivity contribution in [3.05, 3.63) is 65.7 Å². The summed E-state index contributed by atoms with van der Waals surface area (Å²) in [5.74, 6) is -0.659. The first kappa shape index (κ1) is 19.5. The zero-order valence-corrected chi connectivity index (χ0v) is 14.4. The van der Waals surface area contributed by atoms with Crippen molar-refractivity contribution >= 4 is 11.9 Å². The van der Waals surface area contributed by atoms with Gasteiger partial charge in [-0.2, -0.15) is 0 Å². The molecule has 0 heterocycles. The van der Waals surface area contributed by atoms with Gasteiger partial charge >= 0.3 is 5.97 Å². The number of benzene rings is 2. The molecule has 6 nitrogen and oxygen atoms in total. The summed E-state index contributed by atoms with van der Waals surface area (Å²) in [5.41, 5.74) is 1.82. The molecule has 0 aromatic heterocycles. The lowest BCUT2D eigenvalue weighted by molar-refractivity contribution is -0.148. The van der Waals surface area contributed by atoms with E-state index in [9.17, 15) is 14.7 Å². The van der Waals surface area contributed by atoms with Gasteiger partial charge in [-0.25, -0.2) is 4.79 Å². The highest BCUT2D eigenvalue weighted by Crippen LogP contribution is 2.11. The molecule has 1 atom stereocenters. The molecule has 0 radical (unpaired) electrons. The van der Waals surface area contributed by atoms with E-state index in [0.29, 0.717) is 12.8 Å². The number of aromatic hydroxyl groups is 1. The molecule has 0 fully saturated rings. The van der Waals surface area contributed by atoms with E-state index in [4.69, 9.17) is 9.84 Å². The highest BCUT2D eigenvalue weighted by molar-refractivity contribution is 5.84. The first-order valence-electron chi connectivity index (χ1n) is 8.47. The Morgan fingerprint density at radius 1 is 1.00 bits per heavy atom. The van der Waals surface area contributed by atoms with Gasteiger partial charge in [0.2, 0.25) is 5.91 Å². The largest absolute Gasteiger partial charge is 0.508 e. The van der Waals surface area contributed by atoms with E-state index >= 15 is 0 Å². The molecule has 6 heteroatoms. The van der Waals surface area contributed by atoms with Crippen LogP contribution < -0.4 is 5.32 Å². The molecule has 2 rings (SSSR count). The lowest BCUT2D eigenvalue weighted by atomic mass is 10.1. The van der Waals surface area contributed by atoms with E-state index in [1.807, 2.05) is 30.3 Å². The third kappa shape index (κ3) is 6.57. The molecule has 0 saturated heterocycles. The van der Waals surface area contributed by atoms with Crippen LogP contribution in [0.4, 0.5) is 0 Å². The lowest BCUT2D eigenvalue weighted by Gasteiger charge is -2.17. The molecule has 2 aromatic rings. The minimum atomic E-state index is -0.809. The molecule has 1 unspecified atom stereocenters. The first-order valence-corrected chi connectivity index (χ1v) is 8.47. The number of amides is 1. The predicted octanol–water partition coefficient (Wildman–Crippen LogP) is 1.59. The van der Waals surface area contributed by atoms with Crippen molar-refractivity contribution in [3.8, 4) is 5.75 Å². The van der Waals surface area contributed by atoms with Crippen molar-refractivity contribution < 1.29 is 24.5 Å². The van der Waals surface area contributed by atoms with Crippen LogP contribution in [0.5, 0.6) is 5.75 Å². The fraction of sp³-hybridized carbons (Fsp3) is 0.300. The van der Waals surface area contributed by atoms with Crippen LogP contribution in [0.3, 0.4) is 0 Å². The molecule has 138 valence electrons. The van der Waals surface area contributed by atoms with E-state index < -0.39 is 12.0 Å². The number of nitrogens with one attached hydrogen (secondary N) is 1. The monoisotopic (exact) mass is 357 g/mol. The van der Waals surface area contributed by atoms with Crippen LogP contribution in [-0.4, -0.2) is 41.3 Å². The Balaban J connectivity index is 1.94. The maximum Gasteiger partial charge on any atom is 0.329 e. The van der Waals surface area contributed by atoms with Gasteiger partial charge in [0.25, 0.3) is 0 Å². The fourth-order valence-corrected chi connectivity index (χ4v) is 2.48. The molecule has 0 aliphatic heterocycles. The number of phenols is 1. The van der Waals surface area contributed by atoms with E-state index in [1.54, 1.807) is 24.3 Å². The number of esters is 1. The second-order valence-electron chi connectivity index (χ2n) is 5.87. The predicted molar refractivity (Wildman–Crippen MR) is 96.5 cm³/mol. The zero-order chi connectivity index (χ0) is 18.8.